The molecule has 0 aromatic heterocycles. The quantitative estimate of drug-likeness (QED) is 0.226. The van der Waals surface area contributed by atoms with Crippen molar-refractivity contribution in [2.75, 3.05) is 0 Å². The minimum absolute atomic E-state index is 0.618. The minimum Gasteiger partial charge on any atom is -0.265 e. The van der Waals surface area contributed by atoms with E-state index in [1.54, 1.807) is 0 Å². The Morgan fingerprint density at radius 2 is 2.43 bits per heavy atom. The zero-order chi connectivity index (χ0) is 5.86. The van der Waals surface area contributed by atoms with Crippen LogP contribution in [-0.2, 0) is 0 Å². The van der Waals surface area contributed by atoms with Crippen molar-refractivity contribution in [3.05, 3.63) is 22.8 Å². The molecule has 0 saturated heterocycles. The highest BCUT2D eigenvalue weighted by molar-refractivity contribution is 4.72. The van der Waals surface area contributed by atoms with Crippen molar-refractivity contribution in [3.63, 3.8) is 0 Å². The lowest BCUT2D eigenvalue weighted by Crippen LogP contribution is -2.26. The van der Waals surface area contributed by atoms with Crippen LogP contribution in [0.3, 0.4) is 0 Å². The Hall–Kier alpha value is -0.900. The van der Waals surface area contributed by atoms with Crippen LogP contribution in [0.5, 0.6) is 0 Å². The number of hydrogen-bond acceptors (Lipinski definition) is 3. The Balaban J connectivity index is 3.55. The minimum atomic E-state index is -1.11. The monoisotopic (exact) mass is 102 g/mol. The summed E-state index contributed by atoms with van der Waals surface area (Å²) in [5.74, 6) is 0. The van der Waals surface area contributed by atoms with Crippen molar-refractivity contribution in [3.8, 4) is 0 Å². The smallest absolute Gasteiger partial charge is 0.265 e. The van der Waals surface area contributed by atoms with E-state index in [0.717, 1.165) is 6.08 Å². The third-order valence-electron chi connectivity index (χ3n) is 0.485. The number of rotatable bonds is 2. The van der Waals surface area contributed by atoms with Gasteiger partial charge in [-0.15, -0.1) is 0 Å². The van der Waals surface area contributed by atoms with Gasteiger partial charge in [-0.1, -0.05) is 6.58 Å². The van der Waals surface area contributed by atoms with E-state index in [1.807, 2.05) is 0 Å². The molecule has 0 fully saturated rings. The Bertz CT molecular complexity index is 90.9. The fourth-order valence-corrected chi connectivity index (χ4v) is 0.0861. The summed E-state index contributed by atoms with van der Waals surface area (Å²) in [6.07, 6.45) is -0.0417. The third kappa shape index (κ3) is 1.88. The summed E-state index contributed by atoms with van der Waals surface area (Å²) in [7, 11) is 0. The summed E-state index contributed by atoms with van der Waals surface area (Å²) in [5.41, 5.74) is 4.80. The first kappa shape index (κ1) is 6.10. The molecule has 0 aromatic carbocycles. The molecule has 40 valence electrons. The van der Waals surface area contributed by atoms with E-state index in [2.05, 4.69) is 6.58 Å². The Morgan fingerprint density at radius 1 is 2.00 bits per heavy atom. The van der Waals surface area contributed by atoms with Gasteiger partial charge in [0, 0.05) is 4.92 Å². The normalized spacial score (nSPS) is 12.7. The van der Waals surface area contributed by atoms with Gasteiger partial charge >= 0.3 is 0 Å². The van der Waals surface area contributed by atoms with Crippen LogP contribution < -0.4 is 5.73 Å². The van der Waals surface area contributed by atoms with Crippen LogP contribution in [0.15, 0.2) is 12.7 Å². The van der Waals surface area contributed by atoms with E-state index < -0.39 is 11.1 Å². The molecule has 7 heavy (non-hydrogen) atoms. The zero-order valence-corrected chi connectivity index (χ0v) is 3.70. The van der Waals surface area contributed by atoms with Crippen molar-refractivity contribution >= 4 is 0 Å². The third-order valence-corrected chi connectivity index (χ3v) is 0.485. The molecule has 2 N–H and O–H groups in total. The molecule has 0 heterocycles. The van der Waals surface area contributed by atoms with Crippen LogP contribution in [0, 0.1) is 10.1 Å². The predicted octanol–water partition coefficient (Wildman–Crippen LogP) is -0.266. The molecule has 0 aromatic rings. The first-order valence-electron chi connectivity index (χ1n) is 1.70. The van der Waals surface area contributed by atoms with Crippen LogP contribution in [0.4, 0.5) is 0 Å². The van der Waals surface area contributed by atoms with Gasteiger partial charge in [-0.25, -0.2) is 0 Å². The maximum atomic E-state index is 9.54. The molecule has 4 heteroatoms. The summed E-state index contributed by atoms with van der Waals surface area (Å²) < 4.78 is 0. The average molecular weight is 102 g/mol. The second-order valence-corrected chi connectivity index (χ2v) is 1.01. The molecule has 0 amide bonds. The topological polar surface area (TPSA) is 69.2 Å². The molecule has 1 unspecified atom stereocenters. The van der Waals surface area contributed by atoms with E-state index in [-0.39, 0.29) is 0 Å². The van der Waals surface area contributed by atoms with Crippen molar-refractivity contribution in [2.45, 2.75) is 6.17 Å². The van der Waals surface area contributed by atoms with Crippen LogP contribution in [0.2, 0.25) is 0 Å². The van der Waals surface area contributed by atoms with Gasteiger partial charge in [0.25, 0.3) is 6.17 Å². The van der Waals surface area contributed by atoms with Gasteiger partial charge in [0.1, 0.15) is 0 Å². The van der Waals surface area contributed by atoms with E-state index in [0.29, 0.717) is 0 Å². The summed E-state index contributed by atoms with van der Waals surface area (Å²) in [6, 6.07) is 0. The van der Waals surface area contributed by atoms with Gasteiger partial charge in [0.15, 0.2) is 0 Å². The molecule has 0 aliphatic carbocycles. The molecule has 4 nitrogen and oxygen atoms in total. The number of nitrogens with two attached hydrogens (primary N) is 1. The zero-order valence-electron chi connectivity index (χ0n) is 3.70. The lowest BCUT2D eigenvalue weighted by molar-refractivity contribution is -0.508. The van der Waals surface area contributed by atoms with Gasteiger partial charge in [0.2, 0.25) is 0 Å². The Kier molecular flexibility index (Phi) is 2.01. The van der Waals surface area contributed by atoms with Crippen molar-refractivity contribution in [2.24, 2.45) is 5.73 Å². The molecule has 0 aliphatic heterocycles. The van der Waals surface area contributed by atoms with Gasteiger partial charge in [0.05, 0.1) is 0 Å². The molecule has 0 spiro atoms. The van der Waals surface area contributed by atoms with Gasteiger partial charge in [-0.05, 0) is 6.08 Å². The first-order chi connectivity index (χ1) is 3.18. The molecular formula is C3H6N2O2. The number of hydrogen-bond donors (Lipinski definition) is 1. The summed E-state index contributed by atoms with van der Waals surface area (Å²) in [5, 5.41) is 9.54. The van der Waals surface area contributed by atoms with Gasteiger partial charge < -0.3 is 0 Å². The Morgan fingerprint density at radius 3 is 2.43 bits per heavy atom. The molecule has 0 bridgehead atoms. The highest BCUT2D eigenvalue weighted by Crippen LogP contribution is 1.76. The van der Waals surface area contributed by atoms with E-state index in [1.165, 1.54) is 0 Å². The fourth-order valence-electron chi connectivity index (χ4n) is 0.0861. The van der Waals surface area contributed by atoms with Gasteiger partial charge in [-0.2, -0.15) is 0 Å². The molecule has 1 atom stereocenters. The summed E-state index contributed by atoms with van der Waals surface area (Å²) >= 11 is 0. The van der Waals surface area contributed by atoms with Crippen LogP contribution in [-0.4, -0.2) is 11.1 Å². The second kappa shape index (κ2) is 2.30. The largest absolute Gasteiger partial charge is 0.282 e. The molecule has 0 saturated carbocycles. The van der Waals surface area contributed by atoms with E-state index >= 15 is 0 Å². The van der Waals surface area contributed by atoms with E-state index in [9.17, 15) is 10.1 Å². The standard InChI is InChI=1S/C3H6N2O2/c1-2-3(4)5(6)7/h2-3H,1,4H2. The highest BCUT2D eigenvalue weighted by Gasteiger charge is 2.03. The second-order valence-electron chi connectivity index (χ2n) is 1.01. The predicted molar refractivity (Wildman–Crippen MR) is 25.2 cm³/mol. The SMILES string of the molecule is C=CC(N)[N+](=O)[O-]. The number of nitrogens with zero attached hydrogens (tertiary/aromatic N) is 1. The maximum absolute atomic E-state index is 9.54. The van der Waals surface area contributed by atoms with E-state index in [4.69, 9.17) is 5.73 Å². The fraction of sp³-hybridized carbons (Fsp3) is 0.333. The van der Waals surface area contributed by atoms with Crippen LogP contribution >= 0.6 is 0 Å². The van der Waals surface area contributed by atoms with Crippen LogP contribution in [0.1, 0.15) is 0 Å². The summed E-state index contributed by atoms with van der Waals surface area (Å²) in [4.78, 5) is 8.92. The average Bonchev–Trinajstić information content (AvgIpc) is 1.65. The maximum Gasteiger partial charge on any atom is 0.282 e. The van der Waals surface area contributed by atoms with Crippen molar-refractivity contribution < 1.29 is 4.92 Å². The molecule has 0 rings (SSSR count). The molecule has 0 radical (unpaired) electrons. The van der Waals surface area contributed by atoms with Crippen molar-refractivity contribution in [1.82, 2.24) is 0 Å². The lowest BCUT2D eigenvalue weighted by Gasteiger charge is -1.91. The lowest BCUT2D eigenvalue weighted by atomic mass is 10.5. The molecular weight excluding hydrogens is 96.0 g/mol. The number of nitro groups is 1. The first-order valence-corrected chi connectivity index (χ1v) is 1.70. The highest BCUT2D eigenvalue weighted by atomic mass is 16.6. The Labute approximate surface area is 40.8 Å². The van der Waals surface area contributed by atoms with Crippen molar-refractivity contribution in [1.29, 1.82) is 0 Å². The van der Waals surface area contributed by atoms with Crippen LogP contribution in [0.25, 0.3) is 0 Å². The molecule has 0 aliphatic rings. The summed E-state index contributed by atoms with van der Waals surface area (Å²) in [6.45, 7) is 3.12. The van der Waals surface area contributed by atoms with Gasteiger partial charge in [-0.3, -0.25) is 15.8 Å².